The second-order valence-corrected chi connectivity index (χ2v) is 5.17. The summed E-state index contributed by atoms with van der Waals surface area (Å²) in [6.07, 6.45) is 0. The van der Waals surface area contributed by atoms with Crippen molar-refractivity contribution in [3.8, 4) is 0 Å². The van der Waals surface area contributed by atoms with Gasteiger partial charge in [0.1, 0.15) is 0 Å². The molecule has 0 radical (unpaired) electrons. The number of thioether (sulfide) groups is 1. The van der Waals surface area contributed by atoms with Crippen molar-refractivity contribution >= 4 is 11.8 Å². The summed E-state index contributed by atoms with van der Waals surface area (Å²) < 4.78 is 0. The average Bonchev–Trinajstić information content (AvgIpc) is 2.08. The zero-order chi connectivity index (χ0) is 9.97. The lowest BCUT2D eigenvalue weighted by molar-refractivity contribution is 0.385. The Morgan fingerprint density at radius 2 is 2.14 bits per heavy atom. The lowest BCUT2D eigenvalue weighted by Gasteiger charge is -2.26. The standard InChI is InChI=1S/C12H17NS/c1-9-3-4-10(2)12(5-9)14-8-11-6-13-7-11/h3-5,11,13H,6-8H2,1-2H3. The van der Waals surface area contributed by atoms with E-state index >= 15 is 0 Å². The van der Waals surface area contributed by atoms with E-state index in [0.29, 0.717) is 0 Å². The van der Waals surface area contributed by atoms with Crippen molar-refractivity contribution in [1.82, 2.24) is 5.32 Å². The largest absolute Gasteiger partial charge is 0.316 e. The van der Waals surface area contributed by atoms with Crippen LogP contribution in [0.15, 0.2) is 23.1 Å². The van der Waals surface area contributed by atoms with Crippen molar-refractivity contribution in [3.05, 3.63) is 29.3 Å². The minimum Gasteiger partial charge on any atom is -0.316 e. The van der Waals surface area contributed by atoms with E-state index in [1.807, 2.05) is 11.8 Å². The molecule has 0 atom stereocenters. The SMILES string of the molecule is Cc1ccc(C)c(SCC2CNC2)c1. The molecule has 0 unspecified atom stereocenters. The highest BCUT2D eigenvalue weighted by molar-refractivity contribution is 7.99. The van der Waals surface area contributed by atoms with Gasteiger partial charge in [0.05, 0.1) is 0 Å². The van der Waals surface area contributed by atoms with E-state index in [0.717, 1.165) is 5.92 Å². The third-order valence-electron chi connectivity index (χ3n) is 2.68. The van der Waals surface area contributed by atoms with E-state index in [9.17, 15) is 0 Å². The first-order chi connectivity index (χ1) is 6.75. The highest BCUT2D eigenvalue weighted by Crippen LogP contribution is 2.26. The van der Waals surface area contributed by atoms with E-state index in [1.165, 1.54) is 34.9 Å². The van der Waals surface area contributed by atoms with Crippen molar-refractivity contribution in [2.24, 2.45) is 5.92 Å². The summed E-state index contributed by atoms with van der Waals surface area (Å²) in [5.74, 6) is 2.15. The van der Waals surface area contributed by atoms with Gasteiger partial charge in [-0.1, -0.05) is 17.7 Å². The van der Waals surface area contributed by atoms with Crippen LogP contribution >= 0.6 is 11.8 Å². The predicted molar refractivity (Wildman–Crippen MR) is 63.0 cm³/mol. The average molecular weight is 207 g/mol. The summed E-state index contributed by atoms with van der Waals surface area (Å²) in [7, 11) is 0. The number of hydrogen-bond acceptors (Lipinski definition) is 2. The smallest absolute Gasteiger partial charge is 0.0104 e. The van der Waals surface area contributed by atoms with Gasteiger partial charge in [-0.25, -0.2) is 0 Å². The van der Waals surface area contributed by atoms with Gasteiger partial charge in [-0.3, -0.25) is 0 Å². The minimum atomic E-state index is 0.889. The molecule has 1 aliphatic heterocycles. The Hall–Kier alpha value is -0.470. The lowest BCUT2D eigenvalue weighted by Crippen LogP contribution is -2.43. The van der Waals surface area contributed by atoms with Gasteiger partial charge in [-0.15, -0.1) is 11.8 Å². The van der Waals surface area contributed by atoms with Gasteiger partial charge >= 0.3 is 0 Å². The fraction of sp³-hybridized carbons (Fsp3) is 0.500. The normalized spacial score (nSPS) is 16.7. The molecule has 2 rings (SSSR count). The first kappa shape index (κ1) is 10.1. The highest BCUT2D eigenvalue weighted by atomic mass is 32.2. The van der Waals surface area contributed by atoms with Crippen molar-refractivity contribution in [2.45, 2.75) is 18.7 Å². The summed E-state index contributed by atoms with van der Waals surface area (Å²) in [6, 6.07) is 6.70. The molecule has 1 aromatic carbocycles. The fourth-order valence-electron chi connectivity index (χ4n) is 1.54. The Bertz CT molecular complexity index is 318. The molecule has 0 bridgehead atoms. The van der Waals surface area contributed by atoms with Crippen molar-refractivity contribution in [2.75, 3.05) is 18.8 Å². The Morgan fingerprint density at radius 1 is 1.36 bits per heavy atom. The molecule has 1 aliphatic rings. The summed E-state index contributed by atoms with van der Waals surface area (Å²) in [4.78, 5) is 1.46. The van der Waals surface area contributed by atoms with Crippen LogP contribution in [0.4, 0.5) is 0 Å². The van der Waals surface area contributed by atoms with Crippen LogP contribution < -0.4 is 5.32 Å². The molecule has 0 aliphatic carbocycles. The molecule has 1 N–H and O–H groups in total. The van der Waals surface area contributed by atoms with Crippen molar-refractivity contribution < 1.29 is 0 Å². The molecular weight excluding hydrogens is 190 g/mol. The molecule has 0 spiro atoms. The van der Waals surface area contributed by atoms with Crippen LogP contribution in [0.5, 0.6) is 0 Å². The molecule has 14 heavy (non-hydrogen) atoms. The molecule has 0 aromatic heterocycles. The van der Waals surface area contributed by atoms with Crippen molar-refractivity contribution in [3.63, 3.8) is 0 Å². The Labute approximate surface area is 90.3 Å². The monoisotopic (exact) mass is 207 g/mol. The quantitative estimate of drug-likeness (QED) is 0.765. The number of nitrogens with one attached hydrogen (secondary N) is 1. The maximum absolute atomic E-state index is 3.31. The number of rotatable bonds is 3. The van der Waals surface area contributed by atoms with Gasteiger partial charge in [-0.05, 0) is 44.5 Å². The summed E-state index contributed by atoms with van der Waals surface area (Å²) in [5, 5.41) is 3.31. The van der Waals surface area contributed by atoms with Crippen LogP contribution in [-0.4, -0.2) is 18.8 Å². The van der Waals surface area contributed by atoms with Gasteiger partial charge in [0.15, 0.2) is 0 Å². The second kappa shape index (κ2) is 4.37. The maximum atomic E-state index is 3.31. The molecule has 1 aromatic rings. The molecule has 0 saturated carbocycles. The number of hydrogen-bond donors (Lipinski definition) is 1. The van der Waals surface area contributed by atoms with Crippen LogP contribution in [0.2, 0.25) is 0 Å². The van der Waals surface area contributed by atoms with Crippen LogP contribution in [0.25, 0.3) is 0 Å². The molecular formula is C12H17NS. The maximum Gasteiger partial charge on any atom is 0.0104 e. The number of aryl methyl sites for hydroxylation is 2. The molecule has 76 valence electrons. The molecule has 0 amide bonds. The van der Waals surface area contributed by atoms with Gasteiger partial charge in [0, 0.05) is 10.6 Å². The van der Waals surface area contributed by atoms with Crippen molar-refractivity contribution in [1.29, 1.82) is 0 Å². The predicted octanol–water partition coefficient (Wildman–Crippen LogP) is 2.61. The van der Waals surface area contributed by atoms with Gasteiger partial charge in [0.2, 0.25) is 0 Å². The van der Waals surface area contributed by atoms with Gasteiger partial charge in [0.25, 0.3) is 0 Å². The molecule has 1 saturated heterocycles. The first-order valence-electron chi connectivity index (χ1n) is 5.16. The Balaban J connectivity index is 1.96. The van der Waals surface area contributed by atoms with Gasteiger partial charge < -0.3 is 5.32 Å². The Kier molecular flexibility index (Phi) is 3.14. The van der Waals surface area contributed by atoms with Crippen LogP contribution in [0.3, 0.4) is 0 Å². The molecule has 1 fully saturated rings. The first-order valence-corrected chi connectivity index (χ1v) is 6.15. The third-order valence-corrected chi connectivity index (χ3v) is 4.07. The van der Waals surface area contributed by atoms with Crippen LogP contribution in [0, 0.1) is 19.8 Å². The van der Waals surface area contributed by atoms with E-state index in [-0.39, 0.29) is 0 Å². The van der Waals surface area contributed by atoms with Crippen LogP contribution in [0.1, 0.15) is 11.1 Å². The third kappa shape index (κ3) is 2.31. The second-order valence-electron chi connectivity index (χ2n) is 4.10. The van der Waals surface area contributed by atoms with E-state index < -0.39 is 0 Å². The topological polar surface area (TPSA) is 12.0 Å². The summed E-state index contributed by atoms with van der Waals surface area (Å²) >= 11 is 2.01. The molecule has 1 nitrogen and oxygen atoms in total. The molecule has 2 heteroatoms. The number of benzene rings is 1. The molecule has 1 heterocycles. The zero-order valence-corrected chi connectivity index (χ0v) is 9.66. The van der Waals surface area contributed by atoms with Gasteiger partial charge in [-0.2, -0.15) is 0 Å². The fourth-order valence-corrected chi connectivity index (χ4v) is 2.75. The Morgan fingerprint density at radius 3 is 2.79 bits per heavy atom. The lowest BCUT2D eigenvalue weighted by atomic mass is 10.1. The van der Waals surface area contributed by atoms with E-state index in [4.69, 9.17) is 0 Å². The highest BCUT2D eigenvalue weighted by Gasteiger charge is 2.16. The summed E-state index contributed by atoms with van der Waals surface area (Å²) in [6.45, 7) is 6.77. The minimum absolute atomic E-state index is 0.889. The summed E-state index contributed by atoms with van der Waals surface area (Å²) in [5.41, 5.74) is 2.78. The van der Waals surface area contributed by atoms with Crippen LogP contribution in [-0.2, 0) is 0 Å². The van der Waals surface area contributed by atoms with E-state index in [2.05, 4.69) is 37.4 Å². The van der Waals surface area contributed by atoms with E-state index in [1.54, 1.807) is 0 Å². The zero-order valence-electron chi connectivity index (χ0n) is 8.84.